The number of anilines is 1. The molecule has 0 saturated heterocycles. The highest BCUT2D eigenvalue weighted by molar-refractivity contribution is 5.95. The van der Waals surface area contributed by atoms with Crippen molar-refractivity contribution in [2.45, 2.75) is 6.92 Å². The van der Waals surface area contributed by atoms with Crippen LogP contribution in [0.4, 0.5) is 11.4 Å². The Kier molecular flexibility index (Phi) is 4.42. The average molecular weight is 262 g/mol. The third-order valence-corrected chi connectivity index (χ3v) is 2.59. The number of carbonyl (C=O) groups is 1. The van der Waals surface area contributed by atoms with Gasteiger partial charge in [0.1, 0.15) is 5.69 Å². The van der Waals surface area contributed by atoms with Crippen molar-refractivity contribution in [1.29, 1.82) is 5.26 Å². The van der Waals surface area contributed by atoms with E-state index in [1.54, 1.807) is 14.0 Å². The molecule has 1 aromatic rings. The highest BCUT2D eigenvalue weighted by atomic mass is 16.6. The summed E-state index contributed by atoms with van der Waals surface area (Å²) in [5.41, 5.74) is 5.49. The zero-order chi connectivity index (χ0) is 14.6. The predicted octanol–water partition coefficient (Wildman–Crippen LogP) is 1.41. The first-order chi connectivity index (χ1) is 8.86. The van der Waals surface area contributed by atoms with Crippen molar-refractivity contribution in [3.8, 4) is 6.07 Å². The number of nitriles is 1. The van der Waals surface area contributed by atoms with E-state index in [0.717, 1.165) is 0 Å². The van der Waals surface area contributed by atoms with Gasteiger partial charge in [-0.25, -0.2) is 0 Å². The Morgan fingerprint density at radius 1 is 1.63 bits per heavy atom. The van der Waals surface area contributed by atoms with Crippen molar-refractivity contribution >= 4 is 17.3 Å². The Morgan fingerprint density at radius 2 is 2.26 bits per heavy atom. The first kappa shape index (κ1) is 14.4. The highest BCUT2D eigenvalue weighted by Gasteiger charge is 2.18. The smallest absolute Gasteiger partial charge is 0.292 e. The first-order valence-corrected chi connectivity index (χ1v) is 5.55. The minimum Gasteiger partial charge on any atom is -0.393 e. The summed E-state index contributed by atoms with van der Waals surface area (Å²) in [4.78, 5) is 23.4. The number of nitrogens with two attached hydrogens (primary N) is 1. The molecule has 1 atom stereocenters. The molecular formula is C12H14N4O3. The average Bonchev–Trinajstić information content (AvgIpc) is 2.36. The molecule has 2 N–H and O–H groups in total. The number of hydrogen-bond donors (Lipinski definition) is 1. The van der Waals surface area contributed by atoms with E-state index in [0.29, 0.717) is 0 Å². The van der Waals surface area contributed by atoms with E-state index in [4.69, 9.17) is 11.0 Å². The van der Waals surface area contributed by atoms with Gasteiger partial charge in [-0.1, -0.05) is 0 Å². The fraction of sp³-hybridized carbons (Fsp3) is 0.333. The monoisotopic (exact) mass is 262 g/mol. The Bertz CT molecular complexity index is 550. The van der Waals surface area contributed by atoms with Crippen molar-refractivity contribution in [2.24, 2.45) is 5.92 Å². The second kappa shape index (κ2) is 5.82. The fourth-order valence-corrected chi connectivity index (χ4v) is 1.61. The van der Waals surface area contributed by atoms with Crippen LogP contribution in [0.1, 0.15) is 17.3 Å². The summed E-state index contributed by atoms with van der Waals surface area (Å²) in [6, 6.07) is 5.85. The van der Waals surface area contributed by atoms with Gasteiger partial charge in [0.2, 0.25) is 0 Å². The fourth-order valence-electron chi connectivity index (χ4n) is 1.61. The quantitative estimate of drug-likeness (QED) is 0.500. The lowest BCUT2D eigenvalue weighted by Gasteiger charge is -2.18. The Balaban J connectivity index is 2.92. The van der Waals surface area contributed by atoms with Gasteiger partial charge in [-0.05, 0) is 19.1 Å². The molecule has 1 unspecified atom stereocenters. The van der Waals surface area contributed by atoms with Crippen molar-refractivity contribution < 1.29 is 9.72 Å². The van der Waals surface area contributed by atoms with Crippen molar-refractivity contribution in [2.75, 3.05) is 19.3 Å². The lowest BCUT2D eigenvalue weighted by molar-refractivity contribution is -0.383. The van der Waals surface area contributed by atoms with Crippen LogP contribution in [0.5, 0.6) is 0 Å². The summed E-state index contributed by atoms with van der Waals surface area (Å²) in [7, 11) is 1.56. The maximum atomic E-state index is 12.0. The second-order valence-corrected chi connectivity index (χ2v) is 4.25. The van der Waals surface area contributed by atoms with Crippen LogP contribution >= 0.6 is 0 Å². The Labute approximate surface area is 110 Å². The Hall–Kier alpha value is -2.62. The molecule has 1 amide bonds. The summed E-state index contributed by atoms with van der Waals surface area (Å²) >= 11 is 0. The number of amides is 1. The van der Waals surface area contributed by atoms with Gasteiger partial charge in [-0.15, -0.1) is 0 Å². The minimum absolute atomic E-state index is 0.0578. The van der Waals surface area contributed by atoms with Gasteiger partial charge in [0.05, 0.1) is 16.9 Å². The minimum atomic E-state index is -0.606. The van der Waals surface area contributed by atoms with Crippen molar-refractivity contribution in [3.05, 3.63) is 33.9 Å². The van der Waals surface area contributed by atoms with Gasteiger partial charge in [0.15, 0.2) is 0 Å². The molecule has 0 fully saturated rings. The maximum absolute atomic E-state index is 12.0. The molecule has 0 aliphatic rings. The molecule has 0 radical (unpaired) electrons. The van der Waals surface area contributed by atoms with Gasteiger partial charge in [0, 0.05) is 25.2 Å². The molecule has 0 aromatic heterocycles. The van der Waals surface area contributed by atoms with E-state index in [-0.39, 0.29) is 35.3 Å². The van der Waals surface area contributed by atoms with E-state index in [1.807, 2.05) is 6.07 Å². The second-order valence-electron chi connectivity index (χ2n) is 4.25. The molecule has 7 nitrogen and oxygen atoms in total. The van der Waals surface area contributed by atoms with Crippen LogP contribution in [0.2, 0.25) is 0 Å². The number of nitro benzene ring substituents is 1. The van der Waals surface area contributed by atoms with E-state index < -0.39 is 4.92 Å². The number of hydrogen-bond acceptors (Lipinski definition) is 5. The largest absolute Gasteiger partial charge is 0.393 e. The van der Waals surface area contributed by atoms with Crippen LogP contribution in [0.15, 0.2) is 18.2 Å². The predicted molar refractivity (Wildman–Crippen MR) is 69.2 cm³/mol. The van der Waals surface area contributed by atoms with Crippen LogP contribution in [0.3, 0.4) is 0 Å². The lowest BCUT2D eigenvalue weighted by Crippen LogP contribution is -2.30. The molecule has 0 aliphatic heterocycles. The molecule has 7 heteroatoms. The van der Waals surface area contributed by atoms with Crippen molar-refractivity contribution in [3.63, 3.8) is 0 Å². The summed E-state index contributed by atoms with van der Waals surface area (Å²) in [6.45, 7) is 1.99. The summed E-state index contributed by atoms with van der Waals surface area (Å²) < 4.78 is 0. The summed E-state index contributed by atoms with van der Waals surface area (Å²) in [5.74, 6) is -0.618. The highest BCUT2D eigenvalue weighted by Crippen LogP contribution is 2.22. The zero-order valence-electron chi connectivity index (χ0n) is 10.7. The molecule has 100 valence electrons. The van der Waals surface area contributed by atoms with E-state index in [9.17, 15) is 14.9 Å². The molecule has 1 aromatic carbocycles. The number of rotatable bonds is 4. The molecule has 0 bridgehead atoms. The van der Waals surface area contributed by atoms with Gasteiger partial charge < -0.3 is 10.6 Å². The molecular weight excluding hydrogens is 248 g/mol. The van der Waals surface area contributed by atoms with Crippen molar-refractivity contribution in [1.82, 2.24) is 4.90 Å². The molecule has 0 aliphatic carbocycles. The summed E-state index contributed by atoms with van der Waals surface area (Å²) in [5, 5.41) is 19.3. The number of nitro groups is 1. The van der Waals surface area contributed by atoms with Gasteiger partial charge in [-0.2, -0.15) is 5.26 Å². The normalized spacial score (nSPS) is 11.4. The lowest BCUT2D eigenvalue weighted by atomic mass is 10.1. The standard InChI is InChI=1S/C12H14N4O3/c1-8(6-13)7-15(2)12(17)9-3-4-11(16(18)19)10(14)5-9/h3-5,8H,7,14H2,1-2H3. The van der Waals surface area contributed by atoms with Gasteiger partial charge in [0.25, 0.3) is 11.6 Å². The molecule has 1 rings (SSSR count). The van der Waals surface area contributed by atoms with E-state index in [2.05, 4.69) is 0 Å². The number of carbonyl (C=O) groups excluding carboxylic acids is 1. The SMILES string of the molecule is CC(C#N)CN(C)C(=O)c1ccc([N+](=O)[O-])c(N)c1. The third kappa shape index (κ3) is 3.42. The van der Waals surface area contributed by atoms with Gasteiger partial charge >= 0.3 is 0 Å². The first-order valence-electron chi connectivity index (χ1n) is 5.55. The molecule has 0 heterocycles. The zero-order valence-corrected chi connectivity index (χ0v) is 10.7. The van der Waals surface area contributed by atoms with Crippen LogP contribution in [0, 0.1) is 27.4 Å². The van der Waals surface area contributed by atoms with Crippen LogP contribution in [-0.2, 0) is 0 Å². The Morgan fingerprint density at radius 3 is 2.74 bits per heavy atom. The molecule has 0 saturated carbocycles. The third-order valence-electron chi connectivity index (χ3n) is 2.59. The number of benzene rings is 1. The van der Waals surface area contributed by atoms with Crippen LogP contribution in [0.25, 0.3) is 0 Å². The van der Waals surface area contributed by atoms with Crippen LogP contribution < -0.4 is 5.73 Å². The molecule has 0 spiro atoms. The number of nitrogen functional groups attached to an aromatic ring is 1. The van der Waals surface area contributed by atoms with Gasteiger partial charge in [-0.3, -0.25) is 14.9 Å². The number of nitrogens with zero attached hydrogens (tertiary/aromatic N) is 3. The van der Waals surface area contributed by atoms with E-state index >= 15 is 0 Å². The molecule has 19 heavy (non-hydrogen) atoms. The maximum Gasteiger partial charge on any atom is 0.292 e. The van der Waals surface area contributed by atoms with E-state index in [1.165, 1.54) is 23.1 Å². The topological polar surface area (TPSA) is 113 Å². The summed E-state index contributed by atoms with van der Waals surface area (Å²) in [6.07, 6.45) is 0. The van der Waals surface area contributed by atoms with Crippen LogP contribution in [-0.4, -0.2) is 29.3 Å².